The molecule has 1 aromatic rings. The third-order valence-electron chi connectivity index (χ3n) is 2.93. The van der Waals surface area contributed by atoms with Crippen molar-refractivity contribution in [3.05, 3.63) is 23.8 Å². The first-order chi connectivity index (χ1) is 9.40. The largest absolute Gasteiger partial charge is 0.486 e. The molecule has 1 aliphatic heterocycles. The third-order valence-corrected chi connectivity index (χ3v) is 2.93. The molecule has 19 heavy (non-hydrogen) atoms. The van der Waals surface area contributed by atoms with Gasteiger partial charge in [0.2, 0.25) is 0 Å². The van der Waals surface area contributed by atoms with Gasteiger partial charge in [-0.15, -0.1) is 0 Å². The molecule has 0 amide bonds. The van der Waals surface area contributed by atoms with Gasteiger partial charge in [-0.1, -0.05) is 6.07 Å². The minimum absolute atomic E-state index is 0.199. The van der Waals surface area contributed by atoms with Gasteiger partial charge in [0.15, 0.2) is 11.5 Å². The van der Waals surface area contributed by atoms with Crippen molar-refractivity contribution in [1.29, 1.82) is 0 Å². The Morgan fingerprint density at radius 3 is 2.63 bits per heavy atom. The Morgan fingerprint density at radius 2 is 1.79 bits per heavy atom. The van der Waals surface area contributed by atoms with Crippen LogP contribution in [-0.2, 0) is 6.54 Å². The number of rotatable bonds is 8. The van der Waals surface area contributed by atoms with E-state index in [4.69, 9.17) is 14.6 Å². The molecule has 0 aliphatic carbocycles. The Morgan fingerprint density at radius 1 is 1.00 bits per heavy atom. The zero-order chi connectivity index (χ0) is 13.3. The summed E-state index contributed by atoms with van der Waals surface area (Å²) in [6.45, 7) is 4.83. The Hall–Kier alpha value is -1.30. The Kier molecular flexibility index (Phi) is 5.94. The van der Waals surface area contributed by atoms with E-state index >= 15 is 0 Å². The summed E-state index contributed by atoms with van der Waals surface area (Å²) in [5.74, 6) is 1.68. The predicted octanol–water partition coefficient (Wildman–Crippen LogP) is 0.519. The molecule has 5 heteroatoms. The molecule has 0 bridgehead atoms. The fourth-order valence-electron chi connectivity index (χ4n) is 1.97. The summed E-state index contributed by atoms with van der Waals surface area (Å²) in [5, 5.41) is 15.1. The van der Waals surface area contributed by atoms with Crippen LogP contribution in [0, 0.1) is 0 Å². The lowest BCUT2D eigenvalue weighted by molar-refractivity contribution is 0.171. The van der Waals surface area contributed by atoms with Crippen LogP contribution in [0.2, 0.25) is 0 Å². The minimum atomic E-state index is 0.199. The topological polar surface area (TPSA) is 62.8 Å². The number of fused-ring (bicyclic) bond motifs is 1. The summed E-state index contributed by atoms with van der Waals surface area (Å²) in [7, 11) is 0. The van der Waals surface area contributed by atoms with E-state index in [1.807, 2.05) is 12.1 Å². The number of hydrogen-bond donors (Lipinski definition) is 3. The number of nitrogens with one attached hydrogen (secondary N) is 2. The average molecular weight is 266 g/mol. The molecule has 1 aliphatic rings. The van der Waals surface area contributed by atoms with Gasteiger partial charge in [-0.2, -0.15) is 0 Å². The van der Waals surface area contributed by atoms with Crippen LogP contribution in [0.25, 0.3) is 0 Å². The van der Waals surface area contributed by atoms with Gasteiger partial charge in [0.25, 0.3) is 0 Å². The van der Waals surface area contributed by atoms with Crippen LogP contribution in [-0.4, -0.2) is 44.6 Å². The van der Waals surface area contributed by atoms with Gasteiger partial charge in [-0.25, -0.2) is 0 Å². The molecule has 0 saturated carbocycles. The minimum Gasteiger partial charge on any atom is -0.486 e. The van der Waals surface area contributed by atoms with Gasteiger partial charge in [0.1, 0.15) is 13.2 Å². The van der Waals surface area contributed by atoms with E-state index in [-0.39, 0.29) is 6.61 Å². The number of aliphatic hydroxyl groups excluding tert-OH is 1. The van der Waals surface area contributed by atoms with Crippen molar-refractivity contribution in [2.75, 3.05) is 39.5 Å². The number of hydrogen-bond acceptors (Lipinski definition) is 5. The van der Waals surface area contributed by atoms with Crippen molar-refractivity contribution in [3.8, 4) is 11.5 Å². The molecular formula is C14H22N2O3. The quantitative estimate of drug-likeness (QED) is 0.599. The van der Waals surface area contributed by atoms with Gasteiger partial charge in [0.05, 0.1) is 6.61 Å². The molecule has 1 heterocycles. The molecule has 0 aromatic heterocycles. The van der Waals surface area contributed by atoms with Crippen molar-refractivity contribution in [2.45, 2.75) is 13.0 Å². The smallest absolute Gasteiger partial charge is 0.161 e. The molecule has 0 radical (unpaired) electrons. The molecule has 0 unspecified atom stereocenters. The number of benzene rings is 1. The molecule has 5 nitrogen and oxygen atoms in total. The van der Waals surface area contributed by atoms with Crippen LogP contribution in [0.3, 0.4) is 0 Å². The fraction of sp³-hybridized carbons (Fsp3) is 0.571. The van der Waals surface area contributed by atoms with Crippen molar-refractivity contribution in [3.63, 3.8) is 0 Å². The molecule has 0 fully saturated rings. The molecule has 0 spiro atoms. The first-order valence-electron chi connectivity index (χ1n) is 6.81. The van der Waals surface area contributed by atoms with Crippen LogP contribution < -0.4 is 20.1 Å². The van der Waals surface area contributed by atoms with E-state index in [9.17, 15) is 0 Å². The normalized spacial score (nSPS) is 13.5. The van der Waals surface area contributed by atoms with Crippen LogP contribution in [0.4, 0.5) is 0 Å². The van der Waals surface area contributed by atoms with Crippen LogP contribution in [0.1, 0.15) is 12.0 Å². The van der Waals surface area contributed by atoms with Crippen molar-refractivity contribution in [1.82, 2.24) is 10.6 Å². The summed E-state index contributed by atoms with van der Waals surface area (Å²) >= 11 is 0. The predicted molar refractivity (Wildman–Crippen MR) is 73.7 cm³/mol. The van der Waals surface area contributed by atoms with Crippen molar-refractivity contribution in [2.24, 2.45) is 0 Å². The Bertz CT molecular complexity index is 385. The van der Waals surface area contributed by atoms with Crippen LogP contribution in [0.15, 0.2) is 18.2 Å². The summed E-state index contributed by atoms with van der Waals surface area (Å²) in [4.78, 5) is 0. The maximum absolute atomic E-state index is 8.61. The van der Waals surface area contributed by atoms with Gasteiger partial charge < -0.3 is 25.2 Å². The average Bonchev–Trinajstić information content (AvgIpc) is 2.46. The van der Waals surface area contributed by atoms with Gasteiger partial charge in [-0.05, 0) is 37.2 Å². The highest BCUT2D eigenvalue weighted by Crippen LogP contribution is 2.30. The molecule has 0 atom stereocenters. The van der Waals surface area contributed by atoms with Crippen molar-refractivity contribution >= 4 is 0 Å². The molecule has 0 saturated heterocycles. The third kappa shape index (κ3) is 4.70. The molecule has 2 rings (SSSR count). The SMILES string of the molecule is OCCNCCCNCc1ccc2c(c1)OCCO2. The second-order valence-corrected chi connectivity index (χ2v) is 4.48. The van der Waals surface area contributed by atoms with E-state index in [2.05, 4.69) is 16.7 Å². The van der Waals surface area contributed by atoms with Crippen LogP contribution in [0.5, 0.6) is 11.5 Å². The number of aliphatic hydroxyl groups is 1. The monoisotopic (exact) mass is 266 g/mol. The highest BCUT2D eigenvalue weighted by atomic mass is 16.6. The van der Waals surface area contributed by atoms with E-state index in [0.29, 0.717) is 19.8 Å². The van der Waals surface area contributed by atoms with E-state index in [1.165, 1.54) is 5.56 Å². The maximum Gasteiger partial charge on any atom is 0.161 e. The number of ether oxygens (including phenoxy) is 2. The summed E-state index contributed by atoms with van der Waals surface area (Å²) in [6, 6.07) is 6.06. The van der Waals surface area contributed by atoms with Gasteiger partial charge in [-0.3, -0.25) is 0 Å². The lowest BCUT2D eigenvalue weighted by Gasteiger charge is -2.19. The molecule has 1 aromatic carbocycles. The van der Waals surface area contributed by atoms with Gasteiger partial charge in [0, 0.05) is 13.1 Å². The Labute approximate surface area is 113 Å². The van der Waals surface area contributed by atoms with E-state index in [1.54, 1.807) is 0 Å². The first-order valence-corrected chi connectivity index (χ1v) is 6.81. The summed E-state index contributed by atoms with van der Waals surface area (Å²) < 4.78 is 11.0. The second kappa shape index (κ2) is 7.99. The van der Waals surface area contributed by atoms with Crippen LogP contribution >= 0.6 is 0 Å². The second-order valence-electron chi connectivity index (χ2n) is 4.48. The fourth-order valence-corrected chi connectivity index (χ4v) is 1.97. The molecule has 3 N–H and O–H groups in total. The zero-order valence-electron chi connectivity index (χ0n) is 11.2. The first kappa shape index (κ1) is 14.1. The lowest BCUT2D eigenvalue weighted by Crippen LogP contribution is -2.24. The summed E-state index contributed by atoms with van der Waals surface area (Å²) in [6.07, 6.45) is 1.05. The molecular weight excluding hydrogens is 244 g/mol. The highest BCUT2D eigenvalue weighted by molar-refractivity contribution is 5.43. The molecule has 106 valence electrons. The standard InChI is InChI=1S/C14H22N2O3/c17-7-6-15-4-1-5-16-11-12-2-3-13-14(10-12)19-9-8-18-13/h2-3,10,15-17H,1,4-9,11H2. The summed E-state index contributed by atoms with van der Waals surface area (Å²) in [5.41, 5.74) is 1.20. The maximum atomic E-state index is 8.61. The van der Waals surface area contributed by atoms with E-state index < -0.39 is 0 Å². The zero-order valence-corrected chi connectivity index (χ0v) is 11.2. The van der Waals surface area contributed by atoms with Crippen molar-refractivity contribution < 1.29 is 14.6 Å². The lowest BCUT2D eigenvalue weighted by atomic mass is 10.2. The Balaban J connectivity index is 1.66. The van der Waals surface area contributed by atoms with Gasteiger partial charge >= 0.3 is 0 Å². The van der Waals surface area contributed by atoms with E-state index in [0.717, 1.165) is 37.6 Å². The highest BCUT2D eigenvalue weighted by Gasteiger charge is 2.11.